The van der Waals surface area contributed by atoms with Gasteiger partial charge in [0.05, 0.1) is 17.6 Å². The summed E-state index contributed by atoms with van der Waals surface area (Å²) in [6.45, 7) is 5.85. The second-order valence-corrected chi connectivity index (χ2v) is 5.63. The van der Waals surface area contributed by atoms with Crippen LogP contribution in [0.15, 0.2) is 18.2 Å². The molecule has 0 aliphatic carbocycles. The second-order valence-electron chi connectivity index (χ2n) is 5.63. The van der Waals surface area contributed by atoms with Crippen molar-refractivity contribution < 1.29 is 24.3 Å². The van der Waals surface area contributed by atoms with Crippen molar-refractivity contribution in [1.29, 1.82) is 0 Å². The number of rotatable bonds is 5. The molecule has 0 bridgehead atoms. The van der Waals surface area contributed by atoms with Crippen LogP contribution in [0, 0.1) is 10.1 Å². The predicted molar refractivity (Wildman–Crippen MR) is 86.0 cm³/mol. The van der Waals surface area contributed by atoms with Gasteiger partial charge in [0.2, 0.25) is 0 Å². The van der Waals surface area contributed by atoms with E-state index < -0.39 is 29.3 Å². The Morgan fingerprint density at radius 3 is 2.75 bits per heavy atom. The first-order valence-corrected chi connectivity index (χ1v) is 7.97. The summed E-state index contributed by atoms with van der Waals surface area (Å²) in [6.07, 6.45) is -1.48. The number of nitrogens with zero attached hydrogens (tertiary/aromatic N) is 2. The van der Waals surface area contributed by atoms with Gasteiger partial charge in [-0.05, 0) is 26.3 Å². The summed E-state index contributed by atoms with van der Waals surface area (Å²) in [7, 11) is 0. The van der Waals surface area contributed by atoms with E-state index in [0.29, 0.717) is 24.3 Å². The van der Waals surface area contributed by atoms with E-state index in [-0.39, 0.29) is 12.3 Å². The molecule has 8 nitrogen and oxygen atoms in total. The summed E-state index contributed by atoms with van der Waals surface area (Å²) < 4.78 is 10.7. The summed E-state index contributed by atoms with van der Waals surface area (Å²) in [5.74, 6) is 0.425. The van der Waals surface area contributed by atoms with Gasteiger partial charge in [0, 0.05) is 24.2 Å². The Morgan fingerprint density at radius 1 is 1.46 bits per heavy atom. The Morgan fingerprint density at radius 2 is 2.17 bits per heavy atom. The number of nitro benzene ring substituents is 1. The van der Waals surface area contributed by atoms with Crippen LogP contribution in [0.5, 0.6) is 5.75 Å². The molecule has 1 amide bonds. The maximum Gasteiger partial charge on any atom is 0.410 e. The predicted octanol–water partition coefficient (Wildman–Crippen LogP) is 2.65. The number of hydrogen-bond acceptors (Lipinski definition) is 6. The summed E-state index contributed by atoms with van der Waals surface area (Å²) >= 11 is 0. The Kier molecular flexibility index (Phi) is 5.61. The fraction of sp³-hybridized carbons (Fsp3) is 0.562. The Labute approximate surface area is 140 Å². The van der Waals surface area contributed by atoms with Gasteiger partial charge in [-0.2, -0.15) is 0 Å². The van der Waals surface area contributed by atoms with Gasteiger partial charge in [-0.25, -0.2) is 4.79 Å². The van der Waals surface area contributed by atoms with Crippen molar-refractivity contribution in [3.63, 3.8) is 0 Å². The maximum atomic E-state index is 12.3. The van der Waals surface area contributed by atoms with Gasteiger partial charge >= 0.3 is 6.09 Å². The normalized spacial score (nSPS) is 22.2. The number of ether oxygens (including phenoxy) is 2. The van der Waals surface area contributed by atoms with E-state index in [1.807, 2.05) is 6.92 Å². The molecule has 0 fully saturated rings. The molecule has 0 radical (unpaired) electrons. The van der Waals surface area contributed by atoms with Gasteiger partial charge < -0.3 is 14.6 Å². The minimum atomic E-state index is -1.02. The Balaban J connectivity index is 2.51. The number of non-ortho nitro benzene ring substituents is 1. The average molecular weight is 338 g/mol. The molecular formula is C16H22N2O6. The lowest BCUT2D eigenvalue weighted by molar-refractivity contribution is -0.385. The Bertz CT molecular complexity index is 621. The number of carbonyl (C=O) groups excluding carboxylic acids is 1. The van der Waals surface area contributed by atoms with E-state index in [2.05, 4.69) is 0 Å². The fourth-order valence-electron chi connectivity index (χ4n) is 2.84. The monoisotopic (exact) mass is 338 g/mol. The van der Waals surface area contributed by atoms with Gasteiger partial charge in [0.25, 0.3) is 5.69 Å². The zero-order valence-corrected chi connectivity index (χ0v) is 14.0. The standard InChI is InChI=1S/C16H22N2O6/c1-4-8-17(16(20)23-5-2)14-12-9-11(18(21)22)6-7-13(12)24-10(3)15(14)19/h6-7,9-10,14-15,19H,4-5,8H2,1-3H3. The number of carbonyl (C=O) groups is 1. The van der Waals surface area contributed by atoms with Crippen LogP contribution in [-0.2, 0) is 4.74 Å². The topological polar surface area (TPSA) is 102 Å². The molecule has 8 heteroatoms. The smallest absolute Gasteiger partial charge is 0.410 e. The third kappa shape index (κ3) is 3.43. The van der Waals surface area contributed by atoms with Crippen LogP contribution in [0.2, 0.25) is 0 Å². The highest BCUT2D eigenvalue weighted by Gasteiger charge is 2.41. The fourth-order valence-corrected chi connectivity index (χ4v) is 2.84. The van der Waals surface area contributed by atoms with E-state index in [9.17, 15) is 20.0 Å². The molecule has 1 aliphatic heterocycles. The van der Waals surface area contributed by atoms with E-state index in [1.165, 1.54) is 23.1 Å². The minimum Gasteiger partial charge on any atom is -0.488 e. The van der Waals surface area contributed by atoms with Crippen molar-refractivity contribution in [1.82, 2.24) is 4.90 Å². The largest absolute Gasteiger partial charge is 0.488 e. The first-order chi connectivity index (χ1) is 11.4. The molecule has 1 aromatic carbocycles. The van der Waals surface area contributed by atoms with Crippen LogP contribution in [0.1, 0.15) is 38.8 Å². The molecule has 2 rings (SSSR count). The van der Waals surface area contributed by atoms with E-state index in [1.54, 1.807) is 13.8 Å². The highest BCUT2D eigenvalue weighted by atomic mass is 16.6. The molecule has 132 valence electrons. The van der Waals surface area contributed by atoms with E-state index in [0.717, 1.165) is 0 Å². The Hall–Kier alpha value is -2.35. The highest BCUT2D eigenvalue weighted by molar-refractivity contribution is 5.69. The SMILES string of the molecule is CCCN(C(=O)OCC)C1c2cc([N+](=O)[O-])ccc2OC(C)C1O. The van der Waals surface area contributed by atoms with Crippen molar-refractivity contribution in [2.24, 2.45) is 0 Å². The lowest BCUT2D eigenvalue weighted by atomic mass is 9.92. The molecule has 0 saturated carbocycles. The summed E-state index contributed by atoms with van der Waals surface area (Å²) in [4.78, 5) is 24.3. The molecular weight excluding hydrogens is 316 g/mol. The van der Waals surface area contributed by atoms with Gasteiger partial charge in [0.15, 0.2) is 0 Å². The van der Waals surface area contributed by atoms with Crippen LogP contribution < -0.4 is 4.74 Å². The molecule has 1 N–H and O–H groups in total. The van der Waals surface area contributed by atoms with Gasteiger partial charge in [-0.15, -0.1) is 0 Å². The lowest BCUT2D eigenvalue weighted by Crippen LogP contribution is -2.49. The number of aliphatic hydroxyl groups excluding tert-OH is 1. The van der Waals surface area contributed by atoms with E-state index in [4.69, 9.17) is 9.47 Å². The molecule has 1 aliphatic rings. The number of aliphatic hydroxyl groups is 1. The third-order valence-corrected chi connectivity index (χ3v) is 3.94. The highest BCUT2D eigenvalue weighted by Crippen LogP contribution is 2.40. The molecule has 3 atom stereocenters. The zero-order valence-electron chi connectivity index (χ0n) is 14.0. The van der Waals surface area contributed by atoms with Gasteiger partial charge in [0.1, 0.15) is 18.0 Å². The quantitative estimate of drug-likeness (QED) is 0.654. The molecule has 3 unspecified atom stereocenters. The number of nitro groups is 1. The third-order valence-electron chi connectivity index (χ3n) is 3.94. The van der Waals surface area contributed by atoms with Gasteiger partial charge in [-0.3, -0.25) is 15.0 Å². The number of hydrogen-bond donors (Lipinski definition) is 1. The molecule has 0 spiro atoms. The molecule has 1 aromatic rings. The number of amides is 1. The maximum absolute atomic E-state index is 12.3. The lowest BCUT2D eigenvalue weighted by Gasteiger charge is -2.40. The first kappa shape index (κ1) is 18.0. The van der Waals surface area contributed by atoms with Crippen molar-refractivity contribution in [3.05, 3.63) is 33.9 Å². The average Bonchev–Trinajstić information content (AvgIpc) is 2.54. The van der Waals surface area contributed by atoms with Crippen LogP contribution >= 0.6 is 0 Å². The van der Waals surface area contributed by atoms with Crippen LogP contribution in [0.3, 0.4) is 0 Å². The molecule has 0 aromatic heterocycles. The van der Waals surface area contributed by atoms with Crippen molar-refractivity contribution >= 4 is 11.8 Å². The number of benzene rings is 1. The molecule has 0 saturated heterocycles. The van der Waals surface area contributed by atoms with Crippen LogP contribution in [-0.4, -0.2) is 46.4 Å². The minimum absolute atomic E-state index is 0.121. The van der Waals surface area contributed by atoms with Crippen molar-refractivity contribution in [2.45, 2.75) is 45.4 Å². The molecule has 24 heavy (non-hydrogen) atoms. The summed E-state index contributed by atoms with van der Waals surface area (Å²) in [6, 6.07) is 3.42. The molecule has 1 heterocycles. The van der Waals surface area contributed by atoms with Crippen LogP contribution in [0.4, 0.5) is 10.5 Å². The summed E-state index contributed by atoms with van der Waals surface area (Å²) in [5, 5.41) is 21.7. The van der Waals surface area contributed by atoms with Crippen LogP contribution in [0.25, 0.3) is 0 Å². The van der Waals surface area contributed by atoms with Gasteiger partial charge in [-0.1, -0.05) is 6.92 Å². The first-order valence-electron chi connectivity index (χ1n) is 7.97. The second kappa shape index (κ2) is 7.48. The van der Waals surface area contributed by atoms with Crippen molar-refractivity contribution in [3.8, 4) is 5.75 Å². The van der Waals surface area contributed by atoms with Crippen molar-refractivity contribution in [2.75, 3.05) is 13.2 Å². The summed E-state index contributed by atoms with van der Waals surface area (Å²) in [5.41, 5.74) is 0.292. The number of fused-ring (bicyclic) bond motifs is 1. The van der Waals surface area contributed by atoms with E-state index >= 15 is 0 Å². The zero-order chi connectivity index (χ0) is 17.9.